The third kappa shape index (κ3) is 3.52. The number of rotatable bonds is 5. The number of nitrogens with zero attached hydrogens (tertiary/aromatic N) is 2. The molecule has 0 saturated heterocycles. The van der Waals surface area contributed by atoms with E-state index in [9.17, 15) is 5.26 Å². The van der Waals surface area contributed by atoms with Gasteiger partial charge in [0, 0.05) is 6.04 Å². The van der Waals surface area contributed by atoms with Crippen molar-refractivity contribution in [3.63, 3.8) is 0 Å². The standard InChI is InChI=1S/C17H24N2O/c1-3-20-16-11-7-8-14(12-16)17(13-18)19(2)15-9-5-4-6-10-15/h7-8,11-12,15,17H,3-6,9-10H2,1-2H3. The van der Waals surface area contributed by atoms with Gasteiger partial charge in [0.1, 0.15) is 11.8 Å². The van der Waals surface area contributed by atoms with E-state index in [-0.39, 0.29) is 6.04 Å². The normalized spacial score (nSPS) is 17.7. The molecule has 1 aliphatic rings. The fourth-order valence-electron chi connectivity index (χ4n) is 3.04. The summed E-state index contributed by atoms with van der Waals surface area (Å²) in [6.45, 7) is 2.63. The summed E-state index contributed by atoms with van der Waals surface area (Å²) in [5.41, 5.74) is 1.03. The second kappa shape index (κ2) is 7.31. The molecule has 1 aromatic rings. The largest absolute Gasteiger partial charge is 0.494 e. The highest BCUT2D eigenvalue weighted by molar-refractivity contribution is 5.33. The molecule has 0 aliphatic heterocycles. The van der Waals surface area contributed by atoms with Gasteiger partial charge in [-0.05, 0) is 44.5 Å². The summed E-state index contributed by atoms with van der Waals surface area (Å²) in [5.74, 6) is 0.849. The lowest BCUT2D eigenvalue weighted by Gasteiger charge is -2.34. The Morgan fingerprint density at radius 1 is 1.35 bits per heavy atom. The molecule has 0 heterocycles. The fourth-order valence-corrected chi connectivity index (χ4v) is 3.04. The van der Waals surface area contributed by atoms with Crippen LogP contribution in [0.3, 0.4) is 0 Å². The zero-order chi connectivity index (χ0) is 14.4. The lowest BCUT2D eigenvalue weighted by molar-refractivity contribution is 0.164. The SMILES string of the molecule is CCOc1cccc(C(C#N)N(C)C2CCCCC2)c1. The number of ether oxygens (including phenoxy) is 1. The van der Waals surface area contributed by atoms with E-state index in [4.69, 9.17) is 4.74 Å². The van der Waals surface area contributed by atoms with Gasteiger partial charge in [-0.3, -0.25) is 4.90 Å². The number of benzene rings is 1. The Morgan fingerprint density at radius 3 is 2.75 bits per heavy atom. The zero-order valence-electron chi connectivity index (χ0n) is 12.5. The van der Waals surface area contributed by atoms with Gasteiger partial charge in [-0.25, -0.2) is 0 Å². The summed E-state index contributed by atoms with van der Waals surface area (Å²) < 4.78 is 5.54. The van der Waals surface area contributed by atoms with Crippen LogP contribution in [-0.4, -0.2) is 24.6 Å². The topological polar surface area (TPSA) is 36.3 Å². The summed E-state index contributed by atoms with van der Waals surface area (Å²) in [7, 11) is 2.08. The molecular weight excluding hydrogens is 248 g/mol. The predicted molar refractivity (Wildman–Crippen MR) is 80.6 cm³/mol. The van der Waals surface area contributed by atoms with E-state index in [1.54, 1.807) is 0 Å². The molecule has 2 rings (SSSR count). The highest BCUT2D eigenvalue weighted by Gasteiger charge is 2.25. The third-order valence-corrected chi connectivity index (χ3v) is 4.17. The molecule has 0 spiro atoms. The smallest absolute Gasteiger partial charge is 0.123 e. The molecule has 0 amide bonds. The van der Waals surface area contributed by atoms with Crippen molar-refractivity contribution in [1.29, 1.82) is 5.26 Å². The van der Waals surface area contributed by atoms with E-state index in [2.05, 4.69) is 18.0 Å². The Balaban J connectivity index is 2.14. The van der Waals surface area contributed by atoms with Crippen LogP contribution in [0.5, 0.6) is 5.75 Å². The average molecular weight is 272 g/mol. The van der Waals surface area contributed by atoms with E-state index in [0.717, 1.165) is 11.3 Å². The molecule has 0 bridgehead atoms. The van der Waals surface area contributed by atoms with Crippen LogP contribution >= 0.6 is 0 Å². The van der Waals surface area contributed by atoms with Crippen LogP contribution in [0.4, 0.5) is 0 Å². The molecule has 0 N–H and O–H groups in total. The summed E-state index contributed by atoms with van der Waals surface area (Å²) in [6, 6.07) is 10.7. The Bertz CT molecular complexity index is 460. The zero-order valence-corrected chi connectivity index (χ0v) is 12.5. The molecule has 0 radical (unpaired) electrons. The average Bonchev–Trinajstić information content (AvgIpc) is 2.49. The monoisotopic (exact) mass is 272 g/mol. The number of hydrogen-bond acceptors (Lipinski definition) is 3. The van der Waals surface area contributed by atoms with Crippen molar-refractivity contribution in [2.75, 3.05) is 13.7 Å². The summed E-state index contributed by atoms with van der Waals surface area (Å²) >= 11 is 0. The number of hydrogen-bond donors (Lipinski definition) is 0. The van der Waals surface area contributed by atoms with Gasteiger partial charge >= 0.3 is 0 Å². The Kier molecular flexibility index (Phi) is 5.43. The van der Waals surface area contributed by atoms with E-state index in [0.29, 0.717) is 12.6 Å². The molecule has 1 unspecified atom stereocenters. The minimum absolute atomic E-state index is 0.182. The first-order valence-corrected chi connectivity index (χ1v) is 7.60. The first-order chi connectivity index (χ1) is 9.76. The molecule has 1 saturated carbocycles. The molecule has 108 valence electrons. The molecular formula is C17H24N2O. The molecule has 0 aromatic heterocycles. The Morgan fingerprint density at radius 2 is 2.10 bits per heavy atom. The van der Waals surface area contributed by atoms with Gasteiger partial charge in [0.25, 0.3) is 0 Å². The quantitative estimate of drug-likeness (QED) is 0.815. The Labute approximate surface area is 122 Å². The maximum absolute atomic E-state index is 9.57. The number of nitriles is 1. The van der Waals surface area contributed by atoms with Crippen LogP contribution in [0, 0.1) is 11.3 Å². The maximum Gasteiger partial charge on any atom is 0.123 e. The maximum atomic E-state index is 9.57. The van der Waals surface area contributed by atoms with Crippen molar-refractivity contribution in [2.45, 2.75) is 51.1 Å². The van der Waals surface area contributed by atoms with Gasteiger partial charge < -0.3 is 4.74 Å². The predicted octanol–water partition coefficient (Wildman–Crippen LogP) is 3.91. The van der Waals surface area contributed by atoms with E-state index < -0.39 is 0 Å². The fraction of sp³-hybridized carbons (Fsp3) is 0.588. The summed E-state index contributed by atoms with van der Waals surface area (Å²) in [5, 5.41) is 9.57. The van der Waals surface area contributed by atoms with Crippen molar-refractivity contribution >= 4 is 0 Å². The second-order valence-electron chi connectivity index (χ2n) is 5.49. The molecule has 1 aliphatic carbocycles. The van der Waals surface area contributed by atoms with Gasteiger partial charge in [-0.1, -0.05) is 31.4 Å². The highest BCUT2D eigenvalue weighted by Crippen LogP contribution is 2.29. The van der Waals surface area contributed by atoms with Crippen LogP contribution in [0.15, 0.2) is 24.3 Å². The van der Waals surface area contributed by atoms with Crippen LogP contribution in [0.2, 0.25) is 0 Å². The Hall–Kier alpha value is -1.53. The van der Waals surface area contributed by atoms with E-state index >= 15 is 0 Å². The second-order valence-corrected chi connectivity index (χ2v) is 5.49. The lowest BCUT2D eigenvalue weighted by atomic mass is 9.92. The minimum Gasteiger partial charge on any atom is -0.494 e. The first-order valence-electron chi connectivity index (χ1n) is 7.60. The van der Waals surface area contributed by atoms with Crippen molar-refractivity contribution < 1.29 is 4.74 Å². The molecule has 3 nitrogen and oxygen atoms in total. The molecule has 3 heteroatoms. The molecule has 1 fully saturated rings. The molecule has 1 atom stereocenters. The van der Waals surface area contributed by atoms with Crippen molar-refractivity contribution in [3.05, 3.63) is 29.8 Å². The van der Waals surface area contributed by atoms with E-state index in [1.807, 2.05) is 31.2 Å². The van der Waals surface area contributed by atoms with Crippen molar-refractivity contribution in [2.24, 2.45) is 0 Å². The first kappa shape index (κ1) is 14.9. The third-order valence-electron chi connectivity index (χ3n) is 4.17. The lowest BCUT2D eigenvalue weighted by Crippen LogP contribution is -2.36. The minimum atomic E-state index is -0.182. The van der Waals surface area contributed by atoms with Gasteiger partial charge in [-0.15, -0.1) is 0 Å². The van der Waals surface area contributed by atoms with Gasteiger partial charge in [-0.2, -0.15) is 5.26 Å². The van der Waals surface area contributed by atoms with Crippen molar-refractivity contribution in [3.8, 4) is 11.8 Å². The van der Waals surface area contributed by atoms with Crippen LogP contribution in [-0.2, 0) is 0 Å². The molecule has 1 aromatic carbocycles. The molecule has 20 heavy (non-hydrogen) atoms. The summed E-state index contributed by atoms with van der Waals surface area (Å²) in [4.78, 5) is 2.24. The van der Waals surface area contributed by atoms with Crippen LogP contribution < -0.4 is 4.74 Å². The van der Waals surface area contributed by atoms with Gasteiger partial charge in [0.15, 0.2) is 0 Å². The van der Waals surface area contributed by atoms with Crippen LogP contribution in [0.25, 0.3) is 0 Å². The van der Waals surface area contributed by atoms with Crippen molar-refractivity contribution in [1.82, 2.24) is 4.90 Å². The van der Waals surface area contributed by atoms with Gasteiger partial charge in [0.05, 0.1) is 12.7 Å². The summed E-state index contributed by atoms with van der Waals surface area (Å²) in [6.07, 6.45) is 6.32. The van der Waals surface area contributed by atoms with Gasteiger partial charge in [0.2, 0.25) is 0 Å². The van der Waals surface area contributed by atoms with E-state index in [1.165, 1.54) is 32.1 Å². The highest BCUT2D eigenvalue weighted by atomic mass is 16.5. The van der Waals surface area contributed by atoms with Crippen LogP contribution in [0.1, 0.15) is 50.6 Å².